The predicted molar refractivity (Wildman–Crippen MR) is 47.5 cm³/mol. The van der Waals surface area contributed by atoms with Crippen LogP contribution < -0.4 is 287 Å². The molecule has 0 amide bonds. The zero-order valence-corrected chi connectivity index (χ0v) is 23.3. The van der Waals surface area contributed by atoms with Crippen molar-refractivity contribution in [1.29, 1.82) is 0 Å². The molecule has 0 atom stereocenters. The first kappa shape index (κ1) is 113. The van der Waals surface area contributed by atoms with Gasteiger partial charge < -0.3 is 70.5 Å². The third kappa shape index (κ3) is 509. The van der Waals surface area contributed by atoms with Crippen LogP contribution in [-0.4, -0.2) is 51.4 Å². The minimum atomic E-state index is -2.92. The molecule has 0 bridgehead atoms. The molecule has 0 saturated heterocycles. The standard InChI is InChI=1S/C4H6O4.4BO3.12Li/c5-3(6)1-2-4(7)8;4*2-1(3)4;;;;;;;;;;;;/h1-2H2,(H,5,6)(H,7,8);;;;;;;;;;;;;;;;/q;4*-3;12*+1. The van der Waals surface area contributed by atoms with E-state index in [4.69, 9.17) is 70.5 Å². The number of aliphatic carboxylic acids is 2. The summed E-state index contributed by atoms with van der Waals surface area (Å²) in [7, 11) is -11.7. The fraction of sp³-hybridized carbons (Fsp3) is 0.500. The molecule has 0 aromatic heterocycles. The number of hydrogen-bond donors (Lipinski definition) is 2. The summed E-state index contributed by atoms with van der Waals surface area (Å²) < 4.78 is 0. The second-order valence-corrected chi connectivity index (χ2v) is 2.44. The Morgan fingerprint density at radius 2 is 0.417 bits per heavy atom. The second-order valence-electron chi connectivity index (χ2n) is 2.44. The Labute approximate surface area is 355 Å². The maximum absolute atomic E-state index is 9.64. The number of carbonyl (C=O) groups is 2. The summed E-state index contributed by atoms with van der Waals surface area (Å²) in [6.45, 7) is 0. The van der Waals surface area contributed by atoms with Gasteiger partial charge in [0.1, 0.15) is 0 Å². The number of carboxylic acid groups (broad SMARTS) is 2. The quantitative estimate of drug-likeness (QED) is 0.387. The van der Waals surface area contributed by atoms with Crippen LogP contribution in [0.2, 0.25) is 0 Å². The summed E-state index contributed by atoms with van der Waals surface area (Å²) in [5, 5.41) is 117. The van der Waals surface area contributed by atoms with E-state index < -0.39 is 41.2 Å². The molecule has 0 aromatic rings. The third-order valence-corrected chi connectivity index (χ3v) is 0.553. The van der Waals surface area contributed by atoms with Crippen molar-refractivity contribution in [2.75, 3.05) is 0 Å². The predicted octanol–water partition coefficient (Wildman–Crippen LogP) is -51.8. The van der Waals surface area contributed by atoms with Gasteiger partial charge in [0.15, 0.2) is 0 Å². The molecule has 0 saturated carbocycles. The van der Waals surface area contributed by atoms with E-state index in [1.807, 2.05) is 0 Å². The van der Waals surface area contributed by atoms with Crippen molar-refractivity contribution < 1.29 is 306 Å². The normalized spacial score (nSPS) is 4.89. The van der Waals surface area contributed by atoms with Gasteiger partial charge in [0, 0.05) is 0 Å². The first-order chi connectivity index (χ1) is 10.6. The van der Waals surface area contributed by atoms with E-state index in [0.29, 0.717) is 0 Å². The van der Waals surface area contributed by atoms with Crippen molar-refractivity contribution in [3.63, 3.8) is 0 Å². The molecule has 2 N–H and O–H groups in total. The molecule has 0 unspecified atom stereocenters. The molecule has 0 aromatic carbocycles. The van der Waals surface area contributed by atoms with Crippen LogP contribution in [0.15, 0.2) is 0 Å². The van der Waals surface area contributed by atoms with E-state index in [1.165, 1.54) is 0 Å². The molecule has 0 fully saturated rings. The first-order valence-corrected chi connectivity index (χ1v) is 4.89. The molecule has 0 aliphatic carbocycles. The molecular formula is C4H6B4Li12O16. The van der Waals surface area contributed by atoms with Crippen LogP contribution in [0, 0.1) is 0 Å². The summed E-state index contributed by atoms with van der Waals surface area (Å²) >= 11 is 0. The van der Waals surface area contributed by atoms with Crippen LogP contribution in [-0.2, 0) is 9.59 Å². The third-order valence-electron chi connectivity index (χ3n) is 0.553. The smallest absolute Gasteiger partial charge is 0.907 e. The van der Waals surface area contributed by atoms with Crippen molar-refractivity contribution >= 4 is 41.2 Å². The van der Waals surface area contributed by atoms with E-state index in [2.05, 4.69) is 0 Å². The van der Waals surface area contributed by atoms with E-state index >= 15 is 0 Å². The van der Waals surface area contributed by atoms with E-state index in [-0.39, 0.29) is 239 Å². The van der Waals surface area contributed by atoms with Gasteiger partial charge in [0.25, 0.3) is 0 Å². The number of hydrogen-bond acceptors (Lipinski definition) is 14. The Bertz CT molecular complexity index is 243. The average molecular weight is 437 g/mol. The zero-order valence-electron chi connectivity index (χ0n) is 23.3. The molecule has 36 heavy (non-hydrogen) atoms. The van der Waals surface area contributed by atoms with Gasteiger partial charge in [0.2, 0.25) is 0 Å². The zero-order chi connectivity index (χ0) is 20.9. The van der Waals surface area contributed by atoms with Crippen molar-refractivity contribution in [1.82, 2.24) is 0 Å². The van der Waals surface area contributed by atoms with Crippen molar-refractivity contribution in [2.45, 2.75) is 12.8 Å². The first-order valence-electron chi connectivity index (χ1n) is 4.89. The molecule has 0 rings (SSSR count). The Morgan fingerprint density at radius 3 is 0.444 bits per heavy atom. The maximum atomic E-state index is 9.64. The summed E-state index contributed by atoms with van der Waals surface area (Å²) in [5.41, 5.74) is 0. The van der Waals surface area contributed by atoms with E-state index in [9.17, 15) is 9.59 Å². The van der Waals surface area contributed by atoms with Gasteiger partial charge in [-0.25, -0.2) is 0 Å². The summed E-state index contributed by atoms with van der Waals surface area (Å²) in [6, 6.07) is 0. The van der Waals surface area contributed by atoms with Gasteiger partial charge in [-0.2, -0.15) is 0 Å². The molecule has 0 radical (unpaired) electrons. The van der Waals surface area contributed by atoms with E-state index in [0.717, 1.165) is 0 Å². The van der Waals surface area contributed by atoms with Crippen LogP contribution in [0.5, 0.6) is 0 Å². The van der Waals surface area contributed by atoms with Crippen molar-refractivity contribution in [3.05, 3.63) is 0 Å². The Balaban J connectivity index is -0.00000000792. The summed E-state index contributed by atoms with van der Waals surface area (Å²) in [5.74, 6) is -2.15. The molecule has 142 valence electrons. The van der Waals surface area contributed by atoms with Crippen LogP contribution in [0.25, 0.3) is 0 Å². The largest absolute Gasteiger partial charge is 1.00 e. The van der Waals surface area contributed by atoms with Crippen LogP contribution in [0.4, 0.5) is 0 Å². The molecule has 0 spiro atoms. The van der Waals surface area contributed by atoms with Gasteiger partial charge >= 0.3 is 238 Å². The average Bonchev–Trinajstić information content (AvgIpc) is 2.22. The van der Waals surface area contributed by atoms with Gasteiger partial charge in [-0.1, -0.05) is 0 Å². The van der Waals surface area contributed by atoms with Gasteiger partial charge in [-0.3, -0.25) is 38.9 Å². The molecule has 32 heteroatoms. The number of carboxylic acids is 2. The van der Waals surface area contributed by atoms with E-state index in [1.54, 1.807) is 0 Å². The Hall–Kier alpha value is 5.89. The summed E-state index contributed by atoms with van der Waals surface area (Å²) in [4.78, 5) is 19.3. The van der Waals surface area contributed by atoms with Crippen LogP contribution in [0.3, 0.4) is 0 Å². The molecule has 0 aliphatic rings. The molecular weight excluding hydrogens is 431 g/mol. The van der Waals surface area contributed by atoms with Crippen molar-refractivity contribution in [2.24, 2.45) is 0 Å². The fourth-order valence-electron chi connectivity index (χ4n) is 0.214. The maximum Gasteiger partial charge on any atom is 1.00 e. The Kier molecular flexibility index (Phi) is 305. The second kappa shape index (κ2) is 97.1. The number of rotatable bonds is 3. The monoisotopic (exact) mass is 438 g/mol. The SMILES string of the molecule is O=C(O)CCC(=O)O.[Li+].[Li+].[Li+].[Li+].[Li+].[Li+].[Li+].[Li+].[Li+].[Li+].[Li+].[Li+].[O-]B([O-])[O-].[O-]B([O-])[O-].[O-]B([O-])[O-].[O-]B([O-])[O-]. The van der Waals surface area contributed by atoms with Gasteiger partial charge in [-0.15, -0.1) is 0 Å². The van der Waals surface area contributed by atoms with Crippen molar-refractivity contribution in [3.8, 4) is 0 Å². The minimum Gasteiger partial charge on any atom is -0.907 e. The topological polar surface area (TPSA) is 351 Å². The van der Waals surface area contributed by atoms with Gasteiger partial charge in [-0.05, 0) is 0 Å². The molecule has 16 nitrogen and oxygen atoms in total. The van der Waals surface area contributed by atoms with Gasteiger partial charge in [0.05, 0.1) is 12.8 Å². The fourth-order valence-corrected chi connectivity index (χ4v) is 0.214. The minimum absolute atomic E-state index is 0. The van der Waals surface area contributed by atoms with Crippen LogP contribution >= 0.6 is 0 Å². The van der Waals surface area contributed by atoms with Crippen LogP contribution in [0.1, 0.15) is 12.8 Å². The Morgan fingerprint density at radius 1 is 0.361 bits per heavy atom. The molecule has 0 aliphatic heterocycles. The molecule has 0 heterocycles. The summed E-state index contributed by atoms with van der Waals surface area (Å²) in [6.07, 6.45) is -0.593.